The van der Waals surface area contributed by atoms with Crippen LogP contribution in [0.15, 0.2) is 60.3 Å². The minimum atomic E-state index is -0.00596. The third-order valence-electron chi connectivity index (χ3n) is 3.47. The number of para-hydroxylation sites is 1. The fourth-order valence-corrected chi connectivity index (χ4v) is 2.68. The molecule has 0 saturated heterocycles. The van der Waals surface area contributed by atoms with Gasteiger partial charge in [-0.1, -0.05) is 42.5 Å². The number of benzene rings is 2. The molecule has 1 aliphatic heterocycles. The zero-order valence-corrected chi connectivity index (χ0v) is 11.6. The summed E-state index contributed by atoms with van der Waals surface area (Å²) in [6.45, 7) is 2.90. The molecular weight excluding hydrogens is 254 g/mol. The first-order valence-electron chi connectivity index (χ1n) is 6.52. The number of anilines is 1. The van der Waals surface area contributed by atoms with Crippen LogP contribution in [0.4, 0.5) is 5.69 Å². The van der Waals surface area contributed by atoms with Crippen molar-refractivity contribution in [2.24, 2.45) is 0 Å². The molecule has 1 unspecified atom stereocenters. The van der Waals surface area contributed by atoms with Gasteiger partial charge >= 0.3 is 0 Å². The highest BCUT2D eigenvalue weighted by atomic mass is 35.5. The lowest BCUT2D eigenvalue weighted by Gasteiger charge is -2.33. The molecule has 0 amide bonds. The molecule has 3 rings (SSSR count). The number of hydrogen-bond acceptors (Lipinski definition) is 1. The predicted molar refractivity (Wildman–Crippen MR) is 82.4 cm³/mol. The van der Waals surface area contributed by atoms with Gasteiger partial charge in [0.2, 0.25) is 0 Å². The number of alkyl halides is 1. The number of halogens is 1. The highest BCUT2D eigenvalue weighted by molar-refractivity contribution is 6.22. The monoisotopic (exact) mass is 269 g/mol. The summed E-state index contributed by atoms with van der Waals surface area (Å²) in [5.74, 6) is 0. The number of allylic oxidation sites excluding steroid dienone is 1. The zero-order valence-electron chi connectivity index (χ0n) is 10.9. The van der Waals surface area contributed by atoms with Gasteiger partial charge in [-0.05, 0) is 36.3 Å². The van der Waals surface area contributed by atoms with E-state index in [1.165, 1.54) is 16.8 Å². The van der Waals surface area contributed by atoms with Gasteiger partial charge in [-0.15, -0.1) is 11.6 Å². The van der Waals surface area contributed by atoms with Crippen molar-refractivity contribution < 1.29 is 0 Å². The molecular formula is C17H16ClN. The molecule has 0 saturated carbocycles. The van der Waals surface area contributed by atoms with Gasteiger partial charge in [0.15, 0.2) is 0 Å². The topological polar surface area (TPSA) is 3.24 Å². The number of hydrogen-bond donors (Lipinski definition) is 0. The summed E-state index contributed by atoms with van der Waals surface area (Å²) in [6.07, 6.45) is 2.20. The maximum absolute atomic E-state index is 6.36. The van der Waals surface area contributed by atoms with Crippen LogP contribution in [0.2, 0.25) is 0 Å². The molecule has 0 spiro atoms. The van der Waals surface area contributed by atoms with E-state index in [1.54, 1.807) is 0 Å². The molecule has 0 bridgehead atoms. The first-order valence-corrected chi connectivity index (χ1v) is 6.95. The van der Waals surface area contributed by atoms with Crippen molar-refractivity contribution in [3.8, 4) is 0 Å². The van der Waals surface area contributed by atoms with Gasteiger partial charge in [0.25, 0.3) is 0 Å². The molecule has 2 aromatic carbocycles. The quantitative estimate of drug-likeness (QED) is 0.716. The van der Waals surface area contributed by atoms with E-state index >= 15 is 0 Å². The summed E-state index contributed by atoms with van der Waals surface area (Å²) in [5.41, 5.74) is 4.96. The van der Waals surface area contributed by atoms with E-state index in [0.717, 1.165) is 12.2 Å². The Morgan fingerprint density at radius 2 is 1.68 bits per heavy atom. The summed E-state index contributed by atoms with van der Waals surface area (Å²) in [4.78, 5) is 2.29. The second-order valence-electron chi connectivity index (χ2n) is 4.81. The molecule has 0 fully saturated rings. The Kier molecular flexibility index (Phi) is 3.31. The summed E-state index contributed by atoms with van der Waals surface area (Å²) in [5, 5.41) is -0.00596. The normalized spacial score (nSPS) is 15.7. The van der Waals surface area contributed by atoms with Gasteiger partial charge in [-0.2, -0.15) is 0 Å². The maximum atomic E-state index is 6.36. The molecule has 0 aliphatic carbocycles. The second-order valence-corrected chi connectivity index (χ2v) is 5.46. The van der Waals surface area contributed by atoms with Crippen molar-refractivity contribution in [3.63, 3.8) is 0 Å². The molecule has 1 atom stereocenters. The van der Waals surface area contributed by atoms with Crippen LogP contribution in [0.1, 0.15) is 18.1 Å². The van der Waals surface area contributed by atoms with Crippen LogP contribution in [-0.4, -0.2) is 5.38 Å². The Morgan fingerprint density at radius 3 is 2.42 bits per heavy atom. The lowest BCUT2D eigenvalue weighted by atomic mass is 10.00. The minimum absolute atomic E-state index is 0.00596. The third kappa shape index (κ3) is 2.39. The smallest absolute Gasteiger partial charge is 0.0709 e. The first-order chi connectivity index (χ1) is 9.25. The summed E-state index contributed by atoms with van der Waals surface area (Å²) in [6, 6.07) is 18.9. The van der Waals surface area contributed by atoms with E-state index in [9.17, 15) is 0 Å². The van der Waals surface area contributed by atoms with Crippen molar-refractivity contribution in [2.75, 3.05) is 4.90 Å². The Balaban J connectivity index is 2.07. The van der Waals surface area contributed by atoms with Crippen LogP contribution >= 0.6 is 11.6 Å². The minimum Gasteiger partial charge on any atom is -0.339 e. The lowest BCUT2D eigenvalue weighted by molar-refractivity contribution is 0.858. The molecule has 2 aromatic rings. The van der Waals surface area contributed by atoms with Gasteiger partial charge in [-0.25, -0.2) is 0 Å². The highest BCUT2D eigenvalue weighted by Gasteiger charge is 2.21. The Morgan fingerprint density at radius 1 is 1.00 bits per heavy atom. The van der Waals surface area contributed by atoms with Gasteiger partial charge in [0, 0.05) is 17.9 Å². The van der Waals surface area contributed by atoms with E-state index in [4.69, 9.17) is 11.6 Å². The fraction of sp³-hybridized carbons (Fsp3) is 0.176. The van der Waals surface area contributed by atoms with E-state index in [-0.39, 0.29) is 5.38 Å². The Hall–Kier alpha value is -1.73. The maximum Gasteiger partial charge on any atom is 0.0709 e. The van der Waals surface area contributed by atoms with E-state index < -0.39 is 0 Å². The summed E-state index contributed by atoms with van der Waals surface area (Å²) < 4.78 is 0. The van der Waals surface area contributed by atoms with Crippen LogP contribution in [0.5, 0.6) is 0 Å². The molecule has 0 radical (unpaired) electrons. The van der Waals surface area contributed by atoms with Gasteiger partial charge in [0.05, 0.1) is 5.38 Å². The first kappa shape index (κ1) is 12.3. The average Bonchev–Trinajstić information content (AvgIpc) is 2.46. The Labute approximate surface area is 119 Å². The van der Waals surface area contributed by atoms with Gasteiger partial charge < -0.3 is 4.90 Å². The predicted octanol–water partition coefficient (Wildman–Crippen LogP) is 4.68. The highest BCUT2D eigenvalue weighted by Crippen LogP contribution is 2.32. The number of nitrogens with zero attached hydrogens (tertiary/aromatic N) is 1. The fourth-order valence-electron chi connectivity index (χ4n) is 2.50. The number of rotatable bonds is 2. The van der Waals surface area contributed by atoms with E-state index in [1.807, 2.05) is 13.0 Å². The van der Waals surface area contributed by atoms with Crippen molar-refractivity contribution in [1.82, 2.24) is 0 Å². The van der Waals surface area contributed by atoms with Crippen LogP contribution in [0, 0.1) is 0 Å². The van der Waals surface area contributed by atoms with Gasteiger partial charge in [-0.3, -0.25) is 0 Å². The molecule has 2 heteroatoms. The average molecular weight is 270 g/mol. The zero-order chi connectivity index (χ0) is 13.2. The van der Waals surface area contributed by atoms with Crippen molar-refractivity contribution in [3.05, 3.63) is 71.4 Å². The van der Waals surface area contributed by atoms with Crippen LogP contribution in [0.25, 0.3) is 6.08 Å². The van der Waals surface area contributed by atoms with Crippen LogP contribution in [-0.2, 0) is 6.54 Å². The van der Waals surface area contributed by atoms with Crippen LogP contribution < -0.4 is 4.90 Å². The van der Waals surface area contributed by atoms with Crippen molar-refractivity contribution >= 4 is 23.4 Å². The Bertz CT molecular complexity index is 602. The summed E-state index contributed by atoms with van der Waals surface area (Å²) >= 11 is 6.36. The number of fused-ring (bicyclic) bond motifs is 1. The molecule has 1 aliphatic rings. The molecule has 96 valence electrons. The van der Waals surface area contributed by atoms with E-state index in [2.05, 4.69) is 59.5 Å². The molecule has 1 heterocycles. The van der Waals surface area contributed by atoms with Crippen molar-refractivity contribution in [2.45, 2.75) is 18.8 Å². The molecule has 0 N–H and O–H groups in total. The standard InChI is InChI=1S/C17H16ClN/c1-13(18)17-11-14-7-5-6-8-15(14)12-19(17)16-9-3-2-4-10-16/h2-11,13H,12H2,1H3. The second kappa shape index (κ2) is 5.10. The third-order valence-corrected chi connectivity index (χ3v) is 3.70. The van der Waals surface area contributed by atoms with Crippen LogP contribution in [0.3, 0.4) is 0 Å². The molecule has 19 heavy (non-hydrogen) atoms. The van der Waals surface area contributed by atoms with Crippen molar-refractivity contribution in [1.29, 1.82) is 0 Å². The molecule has 1 nitrogen and oxygen atoms in total. The SMILES string of the molecule is CC(Cl)C1=Cc2ccccc2CN1c1ccccc1. The van der Waals surface area contributed by atoms with E-state index in [0.29, 0.717) is 0 Å². The summed E-state index contributed by atoms with van der Waals surface area (Å²) in [7, 11) is 0. The molecule has 0 aromatic heterocycles. The lowest BCUT2D eigenvalue weighted by Crippen LogP contribution is -2.29. The van der Waals surface area contributed by atoms with Gasteiger partial charge in [0.1, 0.15) is 0 Å². The largest absolute Gasteiger partial charge is 0.339 e.